The normalized spacial score (nSPS) is 13.5. The van der Waals surface area contributed by atoms with E-state index in [2.05, 4.69) is 30.6 Å². The Hall–Kier alpha value is -7.73. The van der Waals surface area contributed by atoms with Crippen LogP contribution in [0.4, 0.5) is 49.4 Å². The predicted molar refractivity (Wildman–Crippen MR) is 307 cm³/mol. The molecule has 6 heterocycles. The number of hydrogen-bond donors (Lipinski definition) is 6. The standard InChI is InChI=1S/C27H22F3N5O4S2.C20H20F2N4O2.C7H3ClFNO2S2/c28-17-3-4-19(34-41(38,39)23-10-22-20(8-18(23)29)33-13-40-22)26(30)25(17)16-7-15-11-32-24(31-5-6-36)9-21(15)35(27(16)37)12-14-1-2-14;21-14-3-4-15(23)19(22)18(14)13-7-12-9-25-17(24-5-6-27)8-16(12)26(20(13)28)10-11-1-2-11;8-14(11,12)7-2-6-5(1-4(7)9)10-3-13-6/h3-4,7-11,13-14,34,36H,1-2,5-6,12H2,(H,31,32);3-4,7-9,11,27H,1-2,5-6,10,23H2,(H,24,25);1-3H. The molecule has 2 fully saturated rings. The molecular formula is C54H45ClF6N10O8S4. The Morgan fingerprint density at radius 1 is 0.602 bits per heavy atom. The van der Waals surface area contributed by atoms with Crippen LogP contribution < -0.4 is 32.2 Å². The Kier molecular flexibility index (Phi) is 16.8. The molecule has 0 radical (unpaired) electrons. The number of sulfonamides is 1. The van der Waals surface area contributed by atoms with Gasteiger partial charge < -0.3 is 35.7 Å². The van der Waals surface area contributed by atoms with Crippen molar-refractivity contribution in [2.75, 3.05) is 47.4 Å². The van der Waals surface area contributed by atoms with E-state index in [9.17, 15) is 44.0 Å². The second-order valence-electron chi connectivity index (χ2n) is 19.3. The number of nitrogens with zero attached hydrogens (tertiary/aromatic N) is 6. The molecular weight excluding hydrogens is 1190 g/mol. The second-order valence-corrected chi connectivity index (χ2v) is 25.2. The van der Waals surface area contributed by atoms with Crippen molar-refractivity contribution in [3.63, 3.8) is 0 Å². The average Bonchev–Trinajstić information content (AvgIpc) is 4.35. The number of fused-ring (bicyclic) bond motifs is 4. The molecule has 0 spiro atoms. The van der Waals surface area contributed by atoms with E-state index in [0.29, 0.717) is 73.9 Å². The van der Waals surface area contributed by atoms with Gasteiger partial charge in [0.15, 0.2) is 11.6 Å². The van der Waals surface area contributed by atoms with Crippen LogP contribution in [0.15, 0.2) is 116 Å². The summed E-state index contributed by atoms with van der Waals surface area (Å²) in [5.74, 6) is -4.61. The second kappa shape index (κ2) is 23.9. The first-order valence-electron chi connectivity index (χ1n) is 25.2. The minimum absolute atomic E-state index is 0.0541. The van der Waals surface area contributed by atoms with Crippen LogP contribution in [0.2, 0.25) is 0 Å². The van der Waals surface area contributed by atoms with E-state index >= 15 is 8.78 Å². The van der Waals surface area contributed by atoms with Crippen LogP contribution in [0.1, 0.15) is 25.7 Å². The molecule has 0 unspecified atom stereocenters. The Morgan fingerprint density at radius 2 is 1.06 bits per heavy atom. The van der Waals surface area contributed by atoms with E-state index in [1.165, 1.54) is 51.3 Å². The van der Waals surface area contributed by atoms with Crippen molar-refractivity contribution < 1.29 is 53.4 Å². The maximum Gasteiger partial charge on any atom is 0.264 e. The molecule has 0 atom stereocenters. The van der Waals surface area contributed by atoms with Gasteiger partial charge in [-0.15, -0.1) is 22.7 Å². The minimum atomic E-state index is -4.65. The monoisotopic (exact) mass is 1240 g/mol. The smallest absolute Gasteiger partial charge is 0.264 e. The molecule has 2 saturated carbocycles. The van der Waals surface area contributed by atoms with E-state index in [0.717, 1.165) is 79.5 Å². The van der Waals surface area contributed by atoms with E-state index in [4.69, 9.17) is 26.6 Å². The number of pyridine rings is 4. The number of hydrogen-bond acceptors (Lipinski definition) is 17. The highest BCUT2D eigenvalue weighted by Gasteiger charge is 2.30. The van der Waals surface area contributed by atoms with E-state index < -0.39 is 91.7 Å². The number of rotatable bonds is 16. The summed E-state index contributed by atoms with van der Waals surface area (Å²) in [5.41, 5.74) is 6.82. The first kappa shape index (κ1) is 58.5. The van der Waals surface area contributed by atoms with Gasteiger partial charge in [-0.2, -0.15) is 0 Å². The molecule has 7 N–H and O–H groups in total. The lowest BCUT2D eigenvalue weighted by Crippen LogP contribution is -2.24. The van der Waals surface area contributed by atoms with Gasteiger partial charge in [0.1, 0.15) is 44.7 Å². The van der Waals surface area contributed by atoms with Gasteiger partial charge in [-0.05, 0) is 86.1 Å². The fourth-order valence-corrected chi connectivity index (χ4v) is 12.5. The lowest BCUT2D eigenvalue weighted by Gasteiger charge is -2.16. The largest absolute Gasteiger partial charge is 0.396 e. The molecule has 432 valence electrons. The fraction of sp³-hybridized carbons (Fsp3) is 0.222. The van der Waals surface area contributed by atoms with Crippen molar-refractivity contribution in [2.45, 2.75) is 48.6 Å². The number of nitrogens with one attached hydrogen (secondary N) is 3. The molecule has 0 aliphatic heterocycles. The summed E-state index contributed by atoms with van der Waals surface area (Å²) >= 11 is 2.33. The summed E-state index contributed by atoms with van der Waals surface area (Å²) in [6.45, 7) is 1.17. The summed E-state index contributed by atoms with van der Waals surface area (Å²) in [6, 6.07) is 14.3. The molecule has 2 aliphatic rings. The van der Waals surface area contributed by atoms with Gasteiger partial charge in [-0.25, -0.2) is 63.1 Å². The Morgan fingerprint density at radius 3 is 1.53 bits per heavy atom. The van der Waals surface area contributed by atoms with Crippen molar-refractivity contribution in [3.05, 3.63) is 152 Å². The molecule has 83 heavy (non-hydrogen) atoms. The third kappa shape index (κ3) is 12.6. The van der Waals surface area contributed by atoms with Crippen LogP contribution >= 0.6 is 33.4 Å². The van der Waals surface area contributed by atoms with Crippen molar-refractivity contribution >= 4 is 118 Å². The van der Waals surface area contributed by atoms with E-state index in [1.807, 2.05) is 4.72 Å². The third-order valence-corrected chi connectivity index (χ3v) is 17.7. The predicted octanol–water partition coefficient (Wildman–Crippen LogP) is 9.81. The van der Waals surface area contributed by atoms with Crippen LogP contribution in [0.25, 0.3) is 64.5 Å². The highest BCUT2D eigenvalue weighted by molar-refractivity contribution is 8.13. The van der Waals surface area contributed by atoms with Gasteiger partial charge in [0, 0.05) is 84.3 Å². The number of nitrogens with two attached hydrogens (primary N) is 1. The fourth-order valence-electron chi connectivity index (χ4n) is 8.95. The van der Waals surface area contributed by atoms with Gasteiger partial charge in [0.2, 0.25) is 0 Å². The summed E-state index contributed by atoms with van der Waals surface area (Å²) in [5, 5.41) is 25.0. The first-order valence-corrected chi connectivity index (χ1v) is 30.7. The van der Waals surface area contributed by atoms with Crippen LogP contribution in [-0.2, 0) is 32.2 Å². The topological polar surface area (TPSA) is 266 Å². The van der Waals surface area contributed by atoms with Gasteiger partial charge in [0.25, 0.3) is 30.2 Å². The van der Waals surface area contributed by atoms with Gasteiger partial charge in [0.05, 0.1) is 89.3 Å². The zero-order chi connectivity index (χ0) is 59.1. The third-order valence-electron chi connectivity index (χ3n) is 13.4. The molecule has 18 nitrogen and oxygen atoms in total. The SMILES string of the molecule is Nc1ccc(F)c(-c2cc3cnc(NCCO)cc3n(CC3CC3)c2=O)c1F.O=S(=O)(Cl)c1cc2scnc2cc1F.O=c1c(-c2c(F)ccc(NS(=O)(=O)c3cc4scnc4cc3F)c2F)cc2cnc(NCCO)cc2n1CC1CC1. The number of aliphatic hydroxyl groups excluding tert-OH is 2. The Bertz CT molecular complexity index is 4540. The summed E-state index contributed by atoms with van der Waals surface area (Å²) in [7, 11) is -3.63. The van der Waals surface area contributed by atoms with E-state index in [1.54, 1.807) is 22.9 Å². The summed E-state index contributed by atoms with van der Waals surface area (Å²) < 4.78 is 142. The quantitative estimate of drug-likeness (QED) is 0.0299. The molecule has 0 bridgehead atoms. The molecule has 10 aromatic rings. The molecule has 6 aromatic heterocycles. The average molecular weight is 1240 g/mol. The van der Waals surface area contributed by atoms with Crippen LogP contribution in [0, 0.1) is 46.7 Å². The number of aliphatic hydroxyl groups is 2. The van der Waals surface area contributed by atoms with Gasteiger partial charge in [-0.1, -0.05) is 0 Å². The minimum Gasteiger partial charge on any atom is -0.396 e. The van der Waals surface area contributed by atoms with E-state index in [-0.39, 0.29) is 48.0 Å². The summed E-state index contributed by atoms with van der Waals surface area (Å²) in [4.78, 5) is 42.0. The number of anilines is 4. The Labute approximate surface area is 479 Å². The van der Waals surface area contributed by atoms with Crippen molar-refractivity contribution in [1.82, 2.24) is 29.1 Å². The molecule has 29 heteroatoms. The van der Waals surface area contributed by atoms with Crippen molar-refractivity contribution in [2.24, 2.45) is 11.8 Å². The molecule has 12 rings (SSSR count). The zero-order valence-electron chi connectivity index (χ0n) is 42.8. The number of nitrogen functional groups attached to an aromatic ring is 1. The molecule has 0 amide bonds. The summed E-state index contributed by atoms with van der Waals surface area (Å²) in [6.07, 6.45) is 6.83. The lowest BCUT2D eigenvalue weighted by atomic mass is 10.0. The van der Waals surface area contributed by atoms with Gasteiger partial charge >= 0.3 is 0 Å². The first-order chi connectivity index (χ1) is 39.6. The maximum absolute atomic E-state index is 15.9. The highest BCUT2D eigenvalue weighted by atomic mass is 35.7. The number of benzene rings is 4. The number of aromatic nitrogens is 6. The molecule has 2 aliphatic carbocycles. The van der Waals surface area contributed by atoms with Crippen molar-refractivity contribution in [3.8, 4) is 22.3 Å². The maximum atomic E-state index is 15.9. The van der Waals surface area contributed by atoms with Crippen LogP contribution in [-0.4, -0.2) is 82.4 Å². The zero-order valence-corrected chi connectivity index (χ0v) is 46.9. The molecule has 0 saturated heterocycles. The van der Waals surface area contributed by atoms with Crippen molar-refractivity contribution in [1.29, 1.82) is 0 Å². The van der Waals surface area contributed by atoms with Crippen LogP contribution in [0.3, 0.4) is 0 Å². The van der Waals surface area contributed by atoms with Crippen LogP contribution in [0.5, 0.6) is 0 Å². The van der Waals surface area contributed by atoms with Gasteiger partial charge in [-0.3, -0.25) is 14.3 Å². The Balaban J connectivity index is 0.000000157. The lowest BCUT2D eigenvalue weighted by molar-refractivity contribution is 0.310. The highest BCUT2D eigenvalue weighted by Crippen LogP contribution is 2.37. The molecule has 4 aromatic carbocycles. The number of halogens is 7. The number of thiazole rings is 2.